The Balaban J connectivity index is 1.68. The molecule has 2 fully saturated rings. The molecule has 0 radical (unpaired) electrons. The largest absolute Gasteiger partial charge is 0.376 e. The lowest BCUT2D eigenvalue weighted by Gasteiger charge is -2.30. The van der Waals surface area contributed by atoms with Crippen molar-refractivity contribution in [3.63, 3.8) is 0 Å². The highest BCUT2D eigenvalue weighted by Gasteiger charge is 2.24. The number of ether oxygens (including phenoxy) is 2. The van der Waals surface area contributed by atoms with Gasteiger partial charge in [0.1, 0.15) is 6.10 Å². The zero-order valence-corrected chi connectivity index (χ0v) is 10.6. The second-order valence-electron chi connectivity index (χ2n) is 4.76. The van der Waals surface area contributed by atoms with Gasteiger partial charge in [-0.25, -0.2) is 0 Å². The molecule has 7 nitrogen and oxygen atoms in total. The maximum atomic E-state index is 5.60. The summed E-state index contributed by atoms with van der Waals surface area (Å²) in [6.07, 6.45) is -0.111. The Labute approximate surface area is 106 Å². The minimum absolute atomic E-state index is 0.111. The minimum atomic E-state index is -0.111. The lowest BCUT2D eigenvalue weighted by atomic mass is 10.2. The predicted octanol–water partition coefficient (Wildman–Crippen LogP) is -0.309. The number of piperazine rings is 1. The van der Waals surface area contributed by atoms with E-state index < -0.39 is 0 Å². The fourth-order valence-corrected chi connectivity index (χ4v) is 2.31. The van der Waals surface area contributed by atoms with Crippen LogP contribution in [0.3, 0.4) is 0 Å². The number of nitrogens with one attached hydrogen (secondary N) is 2. The van der Waals surface area contributed by atoms with Gasteiger partial charge in [0.2, 0.25) is 5.95 Å². The molecule has 0 spiro atoms. The predicted molar refractivity (Wildman–Crippen MR) is 65.6 cm³/mol. The molecule has 0 aromatic carbocycles. The van der Waals surface area contributed by atoms with Crippen LogP contribution >= 0.6 is 0 Å². The van der Waals surface area contributed by atoms with Crippen molar-refractivity contribution in [2.24, 2.45) is 0 Å². The third kappa shape index (κ3) is 2.47. The number of aromatic amines is 1. The van der Waals surface area contributed by atoms with Crippen LogP contribution in [0.5, 0.6) is 0 Å². The van der Waals surface area contributed by atoms with Crippen LogP contribution in [0.15, 0.2) is 0 Å². The topological polar surface area (TPSA) is 75.3 Å². The second-order valence-corrected chi connectivity index (χ2v) is 4.76. The van der Waals surface area contributed by atoms with Crippen molar-refractivity contribution in [2.45, 2.75) is 19.1 Å². The first-order valence-electron chi connectivity index (χ1n) is 6.43. The van der Waals surface area contributed by atoms with Crippen molar-refractivity contribution in [1.29, 1.82) is 0 Å². The zero-order chi connectivity index (χ0) is 12.4. The summed E-state index contributed by atoms with van der Waals surface area (Å²) in [6, 6.07) is 0.468. The summed E-state index contributed by atoms with van der Waals surface area (Å²) in [7, 11) is 0. The van der Waals surface area contributed by atoms with Gasteiger partial charge in [0.05, 0.1) is 19.8 Å². The van der Waals surface area contributed by atoms with Gasteiger partial charge in [-0.15, -0.1) is 5.10 Å². The maximum Gasteiger partial charge on any atom is 0.244 e. The third-order valence-corrected chi connectivity index (χ3v) is 3.26. The Bertz CT molecular complexity index is 391. The second kappa shape index (κ2) is 5.21. The molecule has 2 aliphatic rings. The fourth-order valence-electron chi connectivity index (χ4n) is 2.31. The van der Waals surface area contributed by atoms with E-state index in [0.717, 1.165) is 31.4 Å². The number of hydrogen-bond donors (Lipinski definition) is 2. The summed E-state index contributed by atoms with van der Waals surface area (Å²) in [5, 5.41) is 10.6. The van der Waals surface area contributed by atoms with Crippen LogP contribution in [0.25, 0.3) is 0 Å². The van der Waals surface area contributed by atoms with Crippen molar-refractivity contribution in [3.05, 3.63) is 5.82 Å². The number of H-pyrrole nitrogens is 1. The van der Waals surface area contributed by atoms with Crippen LogP contribution in [0.1, 0.15) is 18.9 Å². The van der Waals surface area contributed by atoms with E-state index in [4.69, 9.17) is 9.47 Å². The molecule has 3 heterocycles. The first-order valence-corrected chi connectivity index (χ1v) is 6.43. The van der Waals surface area contributed by atoms with Gasteiger partial charge in [0, 0.05) is 25.7 Å². The van der Waals surface area contributed by atoms with E-state index >= 15 is 0 Å². The highest BCUT2D eigenvalue weighted by atomic mass is 16.6. The van der Waals surface area contributed by atoms with E-state index in [9.17, 15) is 0 Å². The lowest BCUT2D eigenvalue weighted by molar-refractivity contribution is -0.0933. The molecule has 0 bridgehead atoms. The molecule has 0 aliphatic carbocycles. The Morgan fingerprint density at radius 1 is 1.39 bits per heavy atom. The highest BCUT2D eigenvalue weighted by Crippen LogP contribution is 2.19. The van der Waals surface area contributed by atoms with Gasteiger partial charge in [-0.3, -0.25) is 5.10 Å². The Kier molecular flexibility index (Phi) is 3.44. The summed E-state index contributed by atoms with van der Waals surface area (Å²) < 4.78 is 11.0. The van der Waals surface area contributed by atoms with E-state index in [1.54, 1.807) is 0 Å². The molecule has 1 aromatic heterocycles. The van der Waals surface area contributed by atoms with Crippen LogP contribution < -0.4 is 10.2 Å². The highest BCUT2D eigenvalue weighted by molar-refractivity contribution is 5.30. The van der Waals surface area contributed by atoms with Gasteiger partial charge in [0.15, 0.2) is 5.82 Å². The molecular formula is C11H19N5O2. The average molecular weight is 253 g/mol. The van der Waals surface area contributed by atoms with E-state index in [0.29, 0.717) is 25.9 Å². The zero-order valence-electron chi connectivity index (χ0n) is 10.6. The van der Waals surface area contributed by atoms with Crippen molar-refractivity contribution < 1.29 is 9.47 Å². The molecule has 7 heteroatoms. The van der Waals surface area contributed by atoms with Crippen molar-refractivity contribution in [3.8, 4) is 0 Å². The quantitative estimate of drug-likeness (QED) is 0.753. The summed E-state index contributed by atoms with van der Waals surface area (Å²) in [6.45, 7) is 6.82. The molecule has 0 saturated carbocycles. The average Bonchev–Trinajstić information content (AvgIpc) is 2.89. The van der Waals surface area contributed by atoms with Gasteiger partial charge in [-0.1, -0.05) is 0 Å². The first-order chi connectivity index (χ1) is 8.83. The van der Waals surface area contributed by atoms with Gasteiger partial charge in [0.25, 0.3) is 0 Å². The van der Waals surface area contributed by atoms with Gasteiger partial charge in [-0.05, 0) is 6.92 Å². The van der Waals surface area contributed by atoms with Crippen molar-refractivity contribution in [2.75, 3.05) is 44.4 Å². The van der Waals surface area contributed by atoms with Crippen molar-refractivity contribution in [1.82, 2.24) is 20.5 Å². The van der Waals surface area contributed by atoms with Crippen molar-refractivity contribution >= 4 is 5.95 Å². The van der Waals surface area contributed by atoms with Crippen LogP contribution in [0.2, 0.25) is 0 Å². The lowest BCUT2D eigenvalue weighted by Crippen LogP contribution is -2.49. The molecule has 1 aromatic rings. The van der Waals surface area contributed by atoms with Crippen LogP contribution in [-0.4, -0.2) is 60.7 Å². The Hall–Kier alpha value is -1.18. The number of nitrogens with zero attached hydrogens (tertiary/aromatic N) is 3. The minimum Gasteiger partial charge on any atom is -0.376 e. The van der Waals surface area contributed by atoms with Crippen LogP contribution in [0, 0.1) is 0 Å². The standard InChI is InChI=1S/C11H19N5O2/c1-8-6-16(3-2-12-8)11-13-10(14-15-11)9-7-17-4-5-18-9/h8-9,12H,2-7H2,1H3,(H,13,14,15). The van der Waals surface area contributed by atoms with Gasteiger partial charge >= 0.3 is 0 Å². The smallest absolute Gasteiger partial charge is 0.244 e. The number of aromatic nitrogens is 3. The van der Waals surface area contributed by atoms with E-state index in [1.165, 1.54) is 0 Å². The summed E-state index contributed by atoms with van der Waals surface area (Å²) in [4.78, 5) is 6.70. The van der Waals surface area contributed by atoms with E-state index in [-0.39, 0.29) is 6.10 Å². The summed E-state index contributed by atoms with van der Waals surface area (Å²) >= 11 is 0. The van der Waals surface area contributed by atoms with E-state index in [2.05, 4.69) is 32.3 Å². The fraction of sp³-hybridized carbons (Fsp3) is 0.818. The number of rotatable bonds is 2. The SMILES string of the molecule is CC1CN(c2n[nH]c(C3COCCO3)n2)CCN1. The molecule has 100 valence electrons. The van der Waals surface area contributed by atoms with Crippen LogP contribution in [-0.2, 0) is 9.47 Å². The monoisotopic (exact) mass is 253 g/mol. The van der Waals surface area contributed by atoms with E-state index in [1.807, 2.05) is 0 Å². The normalized spacial score (nSPS) is 29.5. The molecular weight excluding hydrogens is 234 g/mol. The summed E-state index contributed by atoms with van der Waals surface area (Å²) in [5.41, 5.74) is 0. The summed E-state index contributed by atoms with van der Waals surface area (Å²) in [5.74, 6) is 1.52. The molecule has 3 rings (SSSR count). The molecule has 0 amide bonds. The molecule has 2 atom stereocenters. The Morgan fingerprint density at radius 2 is 2.33 bits per heavy atom. The number of hydrogen-bond acceptors (Lipinski definition) is 6. The molecule has 18 heavy (non-hydrogen) atoms. The number of anilines is 1. The molecule has 2 unspecified atom stereocenters. The van der Waals surface area contributed by atoms with Crippen LogP contribution in [0.4, 0.5) is 5.95 Å². The van der Waals surface area contributed by atoms with Gasteiger partial charge < -0.3 is 19.7 Å². The molecule has 2 saturated heterocycles. The molecule has 2 N–H and O–H groups in total. The maximum absolute atomic E-state index is 5.60. The third-order valence-electron chi connectivity index (χ3n) is 3.26. The molecule has 2 aliphatic heterocycles. The first kappa shape index (κ1) is 11.9. The van der Waals surface area contributed by atoms with Gasteiger partial charge in [-0.2, -0.15) is 4.98 Å². The Morgan fingerprint density at radius 3 is 3.11 bits per heavy atom.